The van der Waals surface area contributed by atoms with Gasteiger partial charge in [0.15, 0.2) is 28.8 Å². The molecule has 2 heterocycles. The highest BCUT2D eigenvalue weighted by Crippen LogP contribution is 2.62. The number of anilines is 1. The first-order valence-corrected chi connectivity index (χ1v) is 14.2. The van der Waals surface area contributed by atoms with Crippen LogP contribution in [0.15, 0.2) is 60.7 Å². The van der Waals surface area contributed by atoms with Crippen LogP contribution in [0.2, 0.25) is 5.02 Å². The van der Waals surface area contributed by atoms with E-state index in [2.05, 4.69) is 0 Å². The van der Waals surface area contributed by atoms with Crippen molar-refractivity contribution in [3.8, 4) is 17.2 Å². The molecule has 1 saturated heterocycles. The minimum Gasteiger partial charge on any atom is -0.493 e. The predicted molar refractivity (Wildman–Crippen MR) is 161 cm³/mol. The van der Waals surface area contributed by atoms with Gasteiger partial charge in [-0.1, -0.05) is 68.8 Å². The van der Waals surface area contributed by atoms with E-state index in [0.717, 1.165) is 11.3 Å². The van der Waals surface area contributed by atoms with Gasteiger partial charge in [-0.3, -0.25) is 14.4 Å². The van der Waals surface area contributed by atoms with E-state index >= 15 is 0 Å². The molecule has 7 nitrogen and oxygen atoms in total. The predicted octanol–water partition coefficient (Wildman–Crippen LogP) is 6.41. The zero-order valence-electron chi connectivity index (χ0n) is 24.4. The summed E-state index contributed by atoms with van der Waals surface area (Å²) in [6.07, 6.45) is 3.77. The number of nitrogens with zero attached hydrogens (tertiary/aromatic N) is 1. The van der Waals surface area contributed by atoms with Crippen molar-refractivity contribution in [3.05, 3.63) is 87.9 Å². The largest absolute Gasteiger partial charge is 0.493 e. The molecule has 3 aliphatic rings. The lowest BCUT2D eigenvalue weighted by molar-refractivity contribution is -0.127. The molecular weight excluding hydrogens is 554 g/mol. The van der Waals surface area contributed by atoms with Gasteiger partial charge in [-0.05, 0) is 41.5 Å². The zero-order valence-corrected chi connectivity index (χ0v) is 25.1. The molecule has 8 heteroatoms. The van der Waals surface area contributed by atoms with E-state index in [1.54, 1.807) is 42.5 Å². The van der Waals surface area contributed by atoms with E-state index in [-0.39, 0.29) is 17.3 Å². The number of rotatable bonds is 5. The summed E-state index contributed by atoms with van der Waals surface area (Å²) >= 11 is 6.37. The maximum atomic E-state index is 14.8. The monoisotopic (exact) mass is 585 g/mol. The van der Waals surface area contributed by atoms with Gasteiger partial charge in [-0.15, -0.1) is 0 Å². The summed E-state index contributed by atoms with van der Waals surface area (Å²) in [4.78, 5) is 46.2. The van der Waals surface area contributed by atoms with Gasteiger partial charge in [0, 0.05) is 33.2 Å². The van der Waals surface area contributed by atoms with Crippen molar-refractivity contribution < 1.29 is 28.6 Å². The number of carbonyl (C=O) groups excluding carboxylic acids is 3. The average Bonchev–Trinajstić information content (AvgIpc) is 3.41. The number of benzene rings is 3. The summed E-state index contributed by atoms with van der Waals surface area (Å²) in [7, 11) is 4.53. The second-order valence-electron chi connectivity index (χ2n) is 12.0. The Balaban J connectivity index is 1.73. The van der Waals surface area contributed by atoms with Gasteiger partial charge < -0.3 is 19.1 Å². The Labute approximate surface area is 250 Å². The molecule has 0 bridgehead atoms. The third-order valence-electron chi connectivity index (χ3n) is 8.82. The van der Waals surface area contributed by atoms with E-state index in [0.29, 0.717) is 39.0 Å². The van der Waals surface area contributed by atoms with Crippen LogP contribution < -0.4 is 19.1 Å². The number of fused-ring (bicyclic) bond motifs is 5. The van der Waals surface area contributed by atoms with Gasteiger partial charge in [0.2, 0.25) is 5.75 Å². The lowest BCUT2D eigenvalue weighted by Gasteiger charge is -2.38. The van der Waals surface area contributed by atoms with E-state index < -0.39 is 28.8 Å². The Kier molecular flexibility index (Phi) is 6.50. The van der Waals surface area contributed by atoms with E-state index in [4.69, 9.17) is 25.8 Å². The number of Topliss-reactive ketones (excluding diaryl/α,β-unsaturated/α-hetero) is 3. The van der Waals surface area contributed by atoms with Crippen LogP contribution in [0.5, 0.6) is 17.2 Å². The number of carbonyl (C=O) groups is 3. The first kappa shape index (κ1) is 28.0. The van der Waals surface area contributed by atoms with Gasteiger partial charge in [0.25, 0.3) is 0 Å². The quantitative estimate of drug-likeness (QED) is 0.320. The molecule has 0 radical (unpaired) electrons. The van der Waals surface area contributed by atoms with Crippen LogP contribution in [0.1, 0.15) is 58.5 Å². The molecule has 0 amide bonds. The number of methoxy groups -OCH3 is 3. The number of ether oxygens (including phenoxy) is 3. The summed E-state index contributed by atoms with van der Waals surface area (Å²) in [6.45, 7) is 5.57. The molecule has 1 fully saturated rings. The first-order valence-electron chi connectivity index (χ1n) is 13.8. The lowest BCUT2D eigenvalue weighted by atomic mass is 9.63. The summed E-state index contributed by atoms with van der Waals surface area (Å²) in [5.41, 5.74) is 0.401. The minimum absolute atomic E-state index is 0.101. The highest BCUT2D eigenvalue weighted by Gasteiger charge is 2.72. The molecule has 42 heavy (non-hydrogen) atoms. The van der Waals surface area contributed by atoms with E-state index in [1.165, 1.54) is 21.3 Å². The van der Waals surface area contributed by atoms with Crippen molar-refractivity contribution >= 4 is 40.7 Å². The fourth-order valence-corrected chi connectivity index (χ4v) is 7.23. The number of hydrogen-bond donors (Lipinski definition) is 0. The number of halogens is 1. The fourth-order valence-electron chi connectivity index (χ4n) is 7.05. The molecule has 216 valence electrons. The zero-order chi connectivity index (χ0) is 30.1. The van der Waals surface area contributed by atoms with Crippen molar-refractivity contribution in [1.29, 1.82) is 0 Å². The molecule has 2 aliphatic heterocycles. The number of ketones is 3. The van der Waals surface area contributed by atoms with Gasteiger partial charge in [0.1, 0.15) is 5.41 Å². The van der Waals surface area contributed by atoms with Crippen LogP contribution in [-0.4, -0.2) is 50.8 Å². The van der Waals surface area contributed by atoms with E-state index in [1.807, 2.05) is 50.0 Å². The van der Waals surface area contributed by atoms with Crippen LogP contribution >= 0.6 is 11.6 Å². The molecule has 0 aromatic heterocycles. The summed E-state index contributed by atoms with van der Waals surface area (Å²) in [5, 5.41) is 0.547. The van der Waals surface area contributed by atoms with Crippen molar-refractivity contribution in [2.45, 2.75) is 38.8 Å². The third-order valence-corrected chi connectivity index (χ3v) is 9.05. The van der Waals surface area contributed by atoms with Gasteiger partial charge >= 0.3 is 0 Å². The molecule has 0 N–H and O–H groups in total. The summed E-state index contributed by atoms with van der Waals surface area (Å²) in [6, 6.07) is 14.3. The second-order valence-corrected chi connectivity index (χ2v) is 12.4. The minimum atomic E-state index is -1.63. The van der Waals surface area contributed by atoms with E-state index in [9.17, 15) is 14.4 Å². The van der Waals surface area contributed by atoms with Gasteiger partial charge in [-0.2, -0.15) is 0 Å². The third kappa shape index (κ3) is 3.69. The lowest BCUT2D eigenvalue weighted by Crippen LogP contribution is -2.49. The highest BCUT2D eigenvalue weighted by atomic mass is 35.5. The molecule has 3 aromatic rings. The van der Waals surface area contributed by atoms with Crippen molar-refractivity contribution in [1.82, 2.24) is 0 Å². The molecule has 3 atom stereocenters. The second kappa shape index (κ2) is 9.73. The Bertz CT molecular complexity index is 1630. The molecule has 0 saturated carbocycles. The Hall–Kier alpha value is -4.10. The van der Waals surface area contributed by atoms with Gasteiger partial charge in [-0.25, -0.2) is 0 Å². The SMILES string of the molecule is COc1cc([C@H]2[C@H](C(=O)C(C)(C)C)N3c4ccc(Cl)cc4C=C[C@@H]3C23C(=O)c2ccccc2C3=O)cc(OC)c1OC. The highest BCUT2D eigenvalue weighted by molar-refractivity contribution is 6.32. The Morgan fingerprint density at radius 3 is 2.00 bits per heavy atom. The smallest absolute Gasteiger partial charge is 0.203 e. The standard InChI is InChI=1S/C34H32ClNO6/c1-33(2,3)32(39)28-27(19-16-24(40-4)29(42-6)25(17-19)41-5)34(30(37)21-9-7-8-10-22(21)31(34)38)26-14-11-18-15-20(35)12-13-23(18)36(26)28/h7-17,26-28H,1-6H3/t26-,27+,28-/m1/s1. The molecule has 1 aliphatic carbocycles. The molecule has 3 aromatic carbocycles. The molecular formula is C34H32ClNO6. The normalized spacial score (nSPS) is 21.7. The average molecular weight is 586 g/mol. The molecule has 6 rings (SSSR count). The Morgan fingerprint density at radius 1 is 0.881 bits per heavy atom. The van der Waals surface area contributed by atoms with Crippen LogP contribution in [0.3, 0.4) is 0 Å². The van der Waals surface area contributed by atoms with Crippen LogP contribution in [0.4, 0.5) is 5.69 Å². The molecule has 0 unspecified atom stereocenters. The van der Waals surface area contributed by atoms with Crippen molar-refractivity contribution in [3.63, 3.8) is 0 Å². The first-order chi connectivity index (χ1) is 20.0. The van der Waals surface area contributed by atoms with Crippen LogP contribution in [-0.2, 0) is 4.79 Å². The van der Waals surface area contributed by atoms with Crippen molar-refractivity contribution in [2.75, 3.05) is 26.2 Å². The van der Waals surface area contributed by atoms with Crippen LogP contribution in [0.25, 0.3) is 6.08 Å². The number of hydrogen-bond acceptors (Lipinski definition) is 7. The molecule has 1 spiro atoms. The summed E-state index contributed by atoms with van der Waals surface area (Å²) in [5.74, 6) is -0.484. The van der Waals surface area contributed by atoms with Gasteiger partial charge in [0.05, 0.1) is 33.4 Å². The fraction of sp³-hybridized carbons (Fsp3) is 0.324. The Morgan fingerprint density at radius 2 is 1.48 bits per heavy atom. The topological polar surface area (TPSA) is 82.1 Å². The van der Waals surface area contributed by atoms with Crippen molar-refractivity contribution in [2.24, 2.45) is 10.8 Å². The summed E-state index contributed by atoms with van der Waals surface area (Å²) < 4.78 is 17.0. The maximum absolute atomic E-state index is 14.8. The maximum Gasteiger partial charge on any atom is 0.203 e. The van der Waals surface area contributed by atoms with Crippen LogP contribution in [0, 0.1) is 10.8 Å².